The summed E-state index contributed by atoms with van der Waals surface area (Å²) in [4.78, 5) is 54.7. The van der Waals surface area contributed by atoms with Gasteiger partial charge in [-0.2, -0.15) is 0 Å². The van der Waals surface area contributed by atoms with E-state index in [-0.39, 0.29) is 70.4 Å². The van der Waals surface area contributed by atoms with Gasteiger partial charge in [0.05, 0.1) is 13.2 Å². The number of esters is 2. The molecule has 0 fully saturated rings. The number of benzene rings is 7. The smallest absolute Gasteiger partial charge is 0.485 e. The summed E-state index contributed by atoms with van der Waals surface area (Å²) in [5, 5.41) is 5.34. The van der Waals surface area contributed by atoms with Gasteiger partial charge in [-0.05, 0) is 57.5 Å². The van der Waals surface area contributed by atoms with Crippen LogP contribution < -0.4 is 19.9 Å². The summed E-state index contributed by atoms with van der Waals surface area (Å²) in [5.74, 6) is -2.05. The van der Waals surface area contributed by atoms with Crippen molar-refractivity contribution in [1.82, 2.24) is 10.6 Å². The van der Waals surface area contributed by atoms with Crippen LogP contribution in [0.4, 0.5) is 4.79 Å². The molecule has 7 aromatic rings. The van der Waals surface area contributed by atoms with E-state index in [9.17, 15) is 23.7 Å². The van der Waals surface area contributed by atoms with Crippen LogP contribution in [-0.4, -0.2) is 36.0 Å². The minimum Gasteiger partial charge on any atom is -0.485 e. The van der Waals surface area contributed by atoms with Crippen molar-refractivity contribution in [3.63, 3.8) is 0 Å². The molecule has 0 aromatic heterocycles. The lowest BCUT2D eigenvalue weighted by Gasteiger charge is -2.23. The van der Waals surface area contributed by atoms with Crippen molar-refractivity contribution in [2.75, 3.05) is 0 Å². The number of hydrogen-bond donors (Lipinski definition) is 2. The van der Waals surface area contributed by atoms with E-state index in [1.54, 1.807) is 60.7 Å². The van der Waals surface area contributed by atoms with E-state index < -0.39 is 43.8 Å². The summed E-state index contributed by atoms with van der Waals surface area (Å²) < 4.78 is 55.6. The van der Waals surface area contributed by atoms with E-state index in [0.29, 0.717) is 16.7 Å². The molecule has 0 aliphatic heterocycles. The van der Waals surface area contributed by atoms with Crippen molar-refractivity contribution in [3.05, 3.63) is 239 Å². The lowest BCUT2D eigenvalue weighted by atomic mass is 10.0. The van der Waals surface area contributed by atoms with Gasteiger partial charge in [-0.3, -0.25) is 18.6 Å². The Labute approximate surface area is 418 Å². The normalized spacial score (nSPS) is 11.8. The molecule has 0 bridgehead atoms. The Kier molecular flexibility index (Phi) is 19.7. The van der Waals surface area contributed by atoms with Crippen LogP contribution in [0.15, 0.2) is 200 Å². The first kappa shape index (κ1) is 51.8. The zero-order valence-corrected chi connectivity index (χ0v) is 40.3. The summed E-state index contributed by atoms with van der Waals surface area (Å²) in [6.07, 6.45) is -1.54. The van der Waals surface area contributed by atoms with E-state index in [1.165, 1.54) is 6.07 Å². The topological polar surface area (TPSA) is 174 Å². The average molecular weight is 991 g/mol. The Morgan fingerprint density at radius 1 is 0.431 bits per heavy atom. The van der Waals surface area contributed by atoms with Crippen molar-refractivity contribution in [3.8, 4) is 11.5 Å². The third-order valence-electron chi connectivity index (χ3n) is 10.9. The number of amides is 2. The molecule has 0 spiro atoms. The van der Waals surface area contributed by atoms with Crippen LogP contribution in [0.3, 0.4) is 0 Å². The first-order valence-electron chi connectivity index (χ1n) is 23.3. The van der Waals surface area contributed by atoms with Gasteiger partial charge in [-0.1, -0.05) is 188 Å². The molecule has 370 valence electrons. The van der Waals surface area contributed by atoms with Gasteiger partial charge in [0.15, 0.2) is 11.5 Å². The molecule has 2 atom stereocenters. The highest BCUT2D eigenvalue weighted by Gasteiger charge is 2.33. The number of alkyl carbamates (subject to hydrolysis) is 1. The number of phosphoric acid groups is 1. The number of nitrogens with one attached hydrogen (secondary N) is 2. The summed E-state index contributed by atoms with van der Waals surface area (Å²) in [5.41, 5.74) is 4.94. The number of phosphoric ester groups is 1. The Balaban J connectivity index is 1.14. The van der Waals surface area contributed by atoms with Crippen LogP contribution in [0.5, 0.6) is 11.5 Å². The highest BCUT2D eigenvalue weighted by Crippen LogP contribution is 2.53. The van der Waals surface area contributed by atoms with Gasteiger partial charge >= 0.3 is 25.9 Å². The van der Waals surface area contributed by atoms with E-state index in [2.05, 4.69) is 10.6 Å². The average Bonchev–Trinajstić information content (AvgIpc) is 3.42. The fourth-order valence-electron chi connectivity index (χ4n) is 7.05. The van der Waals surface area contributed by atoms with E-state index in [1.807, 2.05) is 133 Å². The van der Waals surface area contributed by atoms with E-state index >= 15 is 0 Å². The summed E-state index contributed by atoms with van der Waals surface area (Å²) in [6.45, 7) is -0.289. The lowest BCUT2D eigenvalue weighted by Crippen LogP contribution is -2.52. The van der Waals surface area contributed by atoms with Crippen molar-refractivity contribution in [2.24, 2.45) is 0 Å². The monoisotopic (exact) mass is 990 g/mol. The van der Waals surface area contributed by atoms with Crippen LogP contribution in [0.2, 0.25) is 0 Å². The molecule has 15 heteroatoms. The Morgan fingerprint density at radius 3 is 1.35 bits per heavy atom. The van der Waals surface area contributed by atoms with Gasteiger partial charge in [0.25, 0.3) is 0 Å². The highest BCUT2D eigenvalue weighted by atomic mass is 31.2. The predicted molar refractivity (Wildman–Crippen MR) is 269 cm³/mol. The van der Waals surface area contributed by atoms with Gasteiger partial charge in [-0.25, -0.2) is 14.2 Å². The molecule has 7 rings (SSSR count). The quantitative estimate of drug-likeness (QED) is 0.0299. The molecule has 72 heavy (non-hydrogen) atoms. The van der Waals surface area contributed by atoms with Gasteiger partial charge in [0, 0.05) is 12.8 Å². The van der Waals surface area contributed by atoms with Crippen LogP contribution in [0.1, 0.15) is 51.8 Å². The third-order valence-corrected chi connectivity index (χ3v) is 12.2. The minimum atomic E-state index is -4.38. The summed E-state index contributed by atoms with van der Waals surface area (Å²) in [7, 11) is -4.38. The zero-order valence-electron chi connectivity index (χ0n) is 39.4. The molecular weight excluding hydrogens is 936 g/mol. The summed E-state index contributed by atoms with van der Waals surface area (Å²) >= 11 is 0. The Hall–Kier alpha value is -8.03. The van der Waals surface area contributed by atoms with Crippen molar-refractivity contribution < 1.29 is 56.3 Å². The maximum absolute atomic E-state index is 14.6. The number of carbonyl (C=O) groups is 4. The van der Waals surface area contributed by atoms with Crippen LogP contribution >= 0.6 is 7.82 Å². The van der Waals surface area contributed by atoms with Gasteiger partial charge in [0.1, 0.15) is 38.5 Å². The summed E-state index contributed by atoms with van der Waals surface area (Å²) in [6, 6.07) is 56.8. The first-order valence-corrected chi connectivity index (χ1v) is 24.8. The number of hydrogen-bond acceptors (Lipinski definition) is 12. The second-order valence-electron chi connectivity index (χ2n) is 16.4. The van der Waals surface area contributed by atoms with Crippen molar-refractivity contribution in [2.45, 2.75) is 71.0 Å². The molecule has 7 aromatic carbocycles. The molecule has 0 saturated carbocycles. The van der Waals surface area contributed by atoms with E-state index in [4.69, 9.17) is 32.5 Å². The third kappa shape index (κ3) is 17.4. The minimum absolute atomic E-state index is 0.0122. The fourth-order valence-corrected chi connectivity index (χ4v) is 8.23. The SMILES string of the molecule is O=C(CC[C@H](NC(=O)OCc1ccccc1)C(=O)N[C@@H](Cc1ccc(OP(=O)(OCc2ccccc2)OCc2ccccc2)c(OCc2ccccc2)c1)C(=O)OCc1ccccc1)OCc1ccccc1. The Morgan fingerprint density at radius 2 is 0.861 bits per heavy atom. The molecule has 0 unspecified atom stereocenters. The number of ether oxygens (including phenoxy) is 4. The molecule has 0 radical (unpaired) electrons. The van der Waals surface area contributed by atoms with Crippen LogP contribution in [0.25, 0.3) is 0 Å². The first-order chi connectivity index (χ1) is 35.2. The Bertz CT molecular complexity index is 2780. The second-order valence-corrected chi connectivity index (χ2v) is 18.0. The van der Waals surface area contributed by atoms with Gasteiger partial charge in [-0.15, -0.1) is 0 Å². The fraction of sp³-hybridized carbons (Fsp3) is 0.193. The molecule has 0 aliphatic carbocycles. The molecule has 0 heterocycles. The van der Waals surface area contributed by atoms with Crippen LogP contribution in [-0.2, 0) is 88.3 Å². The maximum Gasteiger partial charge on any atom is 0.530 e. The van der Waals surface area contributed by atoms with Crippen molar-refractivity contribution >= 4 is 31.8 Å². The van der Waals surface area contributed by atoms with Gasteiger partial charge in [0.2, 0.25) is 5.91 Å². The van der Waals surface area contributed by atoms with Gasteiger partial charge < -0.3 is 34.1 Å². The van der Waals surface area contributed by atoms with Crippen LogP contribution in [0, 0.1) is 0 Å². The maximum atomic E-state index is 14.6. The lowest BCUT2D eigenvalue weighted by molar-refractivity contribution is -0.149. The number of carbonyl (C=O) groups excluding carboxylic acids is 4. The number of rotatable bonds is 26. The molecular formula is C57H55N2O12P. The predicted octanol–water partition coefficient (Wildman–Crippen LogP) is 10.8. The van der Waals surface area contributed by atoms with Crippen molar-refractivity contribution in [1.29, 1.82) is 0 Å². The van der Waals surface area contributed by atoms with E-state index in [0.717, 1.165) is 22.3 Å². The molecule has 0 aliphatic rings. The molecule has 14 nitrogen and oxygen atoms in total. The molecule has 2 amide bonds. The molecule has 2 N–H and O–H groups in total. The highest BCUT2D eigenvalue weighted by molar-refractivity contribution is 7.48. The standard InChI is InChI=1S/C57H55N2O12P/c60-54(66-38-44-21-9-2-10-22-44)34-32-50(59-57(63)68-40-46-25-13-4-14-26-46)55(61)58-51(56(62)67-39-45-23-11-3-12-24-45)35-49-31-33-52(53(36-49)65-37-43-19-7-1-8-20-43)71-72(64,69-41-47-27-15-5-16-28-47)70-42-48-29-17-6-18-30-48/h1-31,33,36,50-51H,32,34-35,37-42H2,(H,58,61)(H,59,63)/t50-,51-/m0/s1. The zero-order chi connectivity index (χ0) is 50.2. The molecule has 0 saturated heterocycles. The largest absolute Gasteiger partial charge is 0.530 e. The second kappa shape index (κ2) is 27.4.